The molecule has 1 saturated carbocycles. The largest absolute Gasteiger partial charge is 0.497 e. The lowest BCUT2D eigenvalue weighted by molar-refractivity contribution is -0.143. The standard InChI is InChI=1S/C32H37FN2O4/c1-5-38-30(36)18-26(21-11-12-21)22-8-6-9-25(16-22)39-20-23-19-34-35(29-17-24(37-4)13-14-28(29)33)31(23)27-10-7-15-32(27,2)3/h6,8-10,13-14,16-17,19,21,26H,5,7,11-12,15,18,20H2,1-4H3/t26-/m0/s1. The molecular weight excluding hydrogens is 495 g/mol. The molecule has 1 fully saturated rings. The lowest BCUT2D eigenvalue weighted by Crippen LogP contribution is -2.15. The summed E-state index contributed by atoms with van der Waals surface area (Å²) in [5.74, 6) is 1.40. The van der Waals surface area contributed by atoms with Crippen molar-refractivity contribution in [2.45, 2.75) is 65.4 Å². The van der Waals surface area contributed by atoms with E-state index in [1.54, 1.807) is 30.1 Å². The topological polar surface area (TPSA) is 62.6 Å². The number of hydrogen-bond acceptors (Lipinski definition) is 5. The number of carbonyl (C=O) groups excluding carboxylic acids is 1. The molecule has 2 aliphatic rings. The summed E-state index contributed by atoms with van der Waals surface area (Å²) in [6.07, 6.45) is 8.60. The van der Waals surface area contributed by atoms with Gasteiger partial charge in [0.05, 0.1) is 32.0 Å². The Labute approximate surface area is 229 Å². The second-order valence-electron chi connectivity index (χ2n) is 11.1. The molecule has 0 spiro atoms. The van der Waals surface area contributed by atoms with E-state index >= 15 is 4.39 Å². The molecule has 2 aliphatic carbocycles. The minimum Gasteiger partial charge on any atom is -0.497 e. The first kappa shape index (κ1) is 27.0. The van der Waals surface area contributed by atoms with Gasteiger partial charge >= 0.3 is 5.97 Å². The van der Waals surface area contributed by atoms with Crippen LogP contribution in [0.3, 0.4) is 0 Å². The van der Waals surface area contributed by atoms with Gasteiger partial charge in [0.2, 0.25) is 0 Å². The Morgan fingerprint density at radius 3 is 2.69 bits per heavy atom. The van der Waals surface area contributed by atoms with Gasteiger partial charge in [-0.3, -0.25) is 4.79 Å². The number of ether oxygens (including phenoxy) is 3. The number of benzene rings is 2. The van der Waals surface area contributed by atoms with Crippen LogP contribution in [0.25, 0.3) is 11.3 Å². The molecule has 1 heterocycles. The predicted molar refractivity (Wildman–Crippen MR) is 149 cm³/mol. The van der Waals surface area contributed by atoms with Gasteiger partial charge in [-0.25, -0.2) is 9.07 Å². The predicted octanol–water partition coefficient (Wildman–Crippen LogP) is 7.25. The monoisotopic (exact) mass is 532 g/mol. The number of hydrogen-bond donors (Lipinski definition) is 0. The van der Waals surface area contributed by atoms with Crippen molar-refractivity contribution in [3.05, 3.63) is 77.4 Å². The number of allylic oxidation sites excluding steroid dienone is 2. The third-order valence-corrected chi connectivity index (χ3v) is 7.89. The van der Waals surface area contributed by atoms with E-state index < -0.39 is 0 Å². The van der Waals surface area contributed by atoms with Crippen LogP contribution in [-0.2, 0) is 16.1 Å². The molecule has 1 aromatic heterocycles. The van der Waals surface area contributed by atoms with E-state index in [0.717, 1.165) is 53.8 Å². The van der Waals surface area contributed by atoms with Crippen molar-refractivity contribution in [2.75, 3.05) is 13.7 Å². The summed E-state index contributed by atoms with van der Waals surface area (Å²) < 4.78 is 33.6. The fourth-order valence-electron chi connectivity index (χ4n) is 5.60. The summed E-state index contributed by atoms with van der Waals surface area (Å²) in [6.45, 7) is 6.92. The Kier molecular flexibility index (Phi) is 7.78. The molecule has 0 amide bonds. The summed E-state index contributed by atoms with van der Waals surface area (Å²) in [5, 5.41) is 4.62. The van der Waals surface area contributed by atoms with Crippen LogP contribution in [0.1, 0.15) is 75.6 Å². The van der Waals surface area contributed by atoms with Gasteiger partial charge in [0.1, 0.15) is 29.6 Å². The molecule has 0 saturated heterocycles. The van der Waals surface area contributed by atoms with Crippen molar-refractivity contribution in [1.82, 2.24) is 9.78 Å². The maximum Gasteiger partial charge on any atom is 0.306 e. The molecule has 0 N–H and O–H groups in total. The molecule has 1 atom stereocenters. The molecule has 206 valence electrons. The third kappa shape index (κ3) is 5.87. The Bertz CT molecular complexity index is 1370. The van der Waals surface area contributed by atoms with Crippen LogP contribution in [0.4, 0.5) is 4.39 Å². The SMILES string of the molecule is CCOC(=O)C[C@H](c1cccc(OCc2cnn(-c3cc(OC)ccc3F)c2C2=CCCC2(C)C)c1)C1CC1. The van der Waals surface area contributed by atoms with Crippen LogP contribution in [0.2, 0.25) is 0 Å². The molecule has 0 radical (unpaired) electrons. The normalized spacial score (nSPS) is 17.0. The van der Waals surface area contributed by atoms with Gasteiger partial charge in [0, 0.05) is 11.6 Å². The minimum atomic E-state index is -0.371. The van der Waals surface area contributed by atoms with Crippen molar-refractivity contribution in [3.63, 3.8) is 0 Å². The summed E-state index contributed by atoms with van der Waals surface area (Å²) in [4.78, 5) is 12.3. The maximum atomic E-state index is 15.0. The quantitative estimate of drug-likeness (QED) is 0.244. The first-order valence-corrected chi connectivity index (χ1v) is 13.8. The van der Waals surface area contributed by atoms with Gasteiger partial charge in [0.25, 0.3) is 0 Å². The Balaban J connectivity index is 1.44. The third-order valence-electron chi connectivity index (χ3n) is 7.89. The first-order valence-electron chi connectivity index (χ1n) is 13.8. The van der Waals surface area contributed by atoms with Gasteiger partial charge in [-0.1, -0.05) is 32.1 Å². The zero-order chi connectivity index (χ0) is 27.6. The van der Waals surface area contributed by atoms with Gasteiger partial charge in [-0.2, -0.15) is 5.10 Å². The molecule has 0 unspecified atom stereocenters. The van der Waals surface area contributed by atoms with E-state index in [2.05, 4.69) is 31.1 Å². The van der Waals surface area contributed by atoms with Crippen LogP contribution < -0.4 is 9.47 Å². The molecular formula is C32H37FN2O4. The number of rotatable bonds is 11. The molecule has 7 heteroatoms. The number of esters is 1. The molecule has 0 aliphatic heterocycles. The fraction of sp³-hybridized carbons (Fsp3) is 0.438. The highest BCUT2D eigenvalue weighted by molar-refractivity contribution is 5.73. The van der Waals surface area contributed by atoms with Gasteiger partial charge in [0.15, 0.2) is 0 Å². The van der Waals surface area contributed by atoms with E-state index in [-0.39, 0.29) is 29.7 Å². The Morgan fingerprint density at radius 2 is 2.00 bits per heavy atom. The number of aromatic nitrogens is 2. The zero-order valence-electron chi connectivity index (χ0n) is 23.2. The summed E-state index contributed by atoms with van der Waals surface area (Å²) >= 11 is 0. The number of halogens is 1. The fourth-order valence-corrected chi connectivity index (χ4v) is 5.60. The summed E-state index contributed by atoms with van der Waals surface area (Å²) in [7, 11) is 1.57. The Morgan fingerprint density at radius 1 is 1.18 bits per heavy atom. The smallest absolute Gasteiger partial charge is 0.306 e. The van der Waals surface area contributed by atoms with Crippen LogP contribution in [0.15, 0.2) is 54.7 Å². The summed E-state index contributed by atoms with van der Waals surface area (Å²) in [6, 6.07) is 12.7. The lowest BCUT2D eigenvalue weighted by Gasteiger charge is -2.24. The minimum absolute atomic E-state index is 0.0770. The van der Waals surface area contributed by atoms with Crippen molar-refractivity contribution < 1.29 is 23.4 Å². The average Bonchev–Trinajstić information content (AvgIpc) is 3.59. The number of carbonyl (C=O) groups is 1. The second kappa shape index (κ2) is 11.2. The highest BCUT2D eigenvalue weighted by Crippen LogP contribution is 2.47. The van der Waals surface area contributed by atoms with E-state index in [9.17, 15) is 4.79 Å². The zero-order valence-corrected chi connectivity index (χ0v) is 23.2. The van der Waals surface area contributed by atoms with E-state index in [1.807, 2.05) is 25.1 Å². The van der Waals surface area contributed by atoms with E-state index in [0.29, 0.717) is 30.4 Å². The van der Waals surface area contributed by atoms with E-state index in [4.69, 9.17) is 14.2 Å². The van der Waals surface area contributed by atoms with E-state index in [1.165, 1.54) is 6.07 Å². The van der Waals surface area contributed by atoms with Crippen molar-refractivity contribution in [2.24, 2.45) is 11.3 Å². The van der Waals surface area contributed by atoms with Crippen molar-refractivity contribution in [1.29, 1.82) is 0 Å². The first-order chi connectivity index (χ1) is 18.8. The average molecular weight is 533 g/mol. The molecule has 0 bridgehead atoms. The van der Waals surface area contributed by atoms with Crippen LogP contribution >= 0.6 is 0 Å². The molecule has 39 heavy (non-hydrogen) atoms. The number of methoxy groups -OCH3 is 1. The molecule has 3 aromatic rings. The lowest BCUT2D eigenvalue weighted by atomic mass is 9.83. The highest BCUT2D eigenvalue weighted by Gasteiger charge is 2.35. The number of nitrogens with zero attached hydrogens (tertiary/aromatic N) is 2. The van der Waals surface area contributed by atoms with Crippen molar-refractivity contribution >= 4 is 11.5 Å². The molecule has 2 aromatic carbocycles. The second-order valence-corrected chi connectivity index (χ2v) is 11.1. The summed E-state index contributed by atoms with van der Waals surface area (Å²) in [5.41, 5.74) is 4.24. The highest BCUT2D eigenvalue weighted by atomic mass is 19.1. The van der Waals surface area contributed by atoms with Crippen LogP contribution in [-0.4, -0.2) is 29.5 Å². The van der Waals surface area contributed by atoms with Crippen LogP contribution in [0, 0.1) is 17.2 Å². The Hall–Kier alpha value is -3.61. The maximum absolute atomic E-state index is 15.0. The van der Waals surface area contributed by atoms with Crippen LogP contribution in [0.5, 0.6) is 11.5 Å². The van der Waals surface area contributed by atoms with Gasteiger partial charge in [-0.05, 0) is 85.3 Å². The van der Waals surface area contributed by atoms with Gasteiger partial charge in [-0.15, -0.1) is 0 Å². The molecule has 6 nitrogen and oxygen atoms in total. The molecule has 5 rings (SSSR count). The van der Waals surface area contributed by atoms with Crippen molar-refractivity contribution in [3.8, 4) is 17.2 Å². The van der Waals surface area contributed by atoms with Gasteiger partial charge < -0.3 is 14.2 Å².